The van der Waals surface area contributed by atoms with Gasteiger partial charge in [-0.15, -0.1) is 0 Å². The Morgan fingerprint density at radius 3 is 2.22 bits per heavy atom. The summed E-state index contributed by atoms with van der Waals surface area (Å²) in [5, 5.41) is 16.0. The fourth-order valence-electron chi connectivity index (χ4n) is 4.58. The number of carboxylic acids is 1. The summed E-state index contributed by atoms with van der Waals surface area (Å²) in [5.41, 5.74) is 3.49. The lowest BCUT2D eigenvalue weighted by atomic mass is 9.99. The Kier molecular flexibility index (Phi) is 10.5. The summed E-state index contributed by atoms with van der Waals surface area (Å²) in [6.07, 6.45) is 0.817. The predicted molar refractivity (Wildman–Crippen MR) is 157 cm³/mol. The number of carboxylic acid groups (broad SMARTS) is 1. The third-order valence-corrected chi connectivity index (χ3v) is 6.57. The van der Waals surface area contributed by atoms with Gasteiger partial charge in [0.1, 0.15) is 18.0 Å². The maximum Gasteiger partial charge on any atom is 0.322 e. The van der Waals surface area contributed by atoms with E-state index in [0.717, 1.165) is 24.2 Å². The van der Waals surface area contributed by atoms with Crippen LogP contribution in [0, 0.1) is 0 Å². The number of hydrogen-bond donors (Lipinski definition) is 2. The van der Waals surface area contributed by atoms with Crippen LogP contribution in [0.25, 0.3) is 16.9 Å². The summed E-state index contributed by atoms with van der Waals surface area (Å²) in [7, 11) is 7.08. The van der Waals surface area contributed by atoms with E-state index < -0.39 is 18.4 Å². The second kappa shape index (κ2) is 13.8. The number of benzene rings is 2. The molecule has 0 spiro atoms. The fourth-order valence-corrected chi connectivity index (χ4v) is 4.58. The summed E-state index contributed by atoms with van der Waals surface area (Å²) < 4.78 is 12.9. The highest BCUT2D eigenvalue weighted by Crippen LogP contribution is 2.41. The molecule has 1 heterocycles. The van der Waals surface area contributed by atoms with Gasteiger partial charge >= 0.3 is 5.97 Å². The molecule has 2 amide bonds. The quantitative estimate of drug-likeness (QED) is 0.321. The minimum absolute atomic E-state index is 0.0291. The lowest BCUT2D eigenvalue weighted by Gasteiger charge is -2.25. The molecule has 0 aliphatic carbocycles. The van der Waals surface area contributed by atoms with Crippen molar-refractivity contribution in [3.8, 4) is 28.4 Å². The van der Waals surface area contributed by atoms with Crippen LogP contribution in [0.1, 0.15) is 49.2 Å². The number of rotatable bonds is 13. The molecule has 11 heteroatoms. The molecular weight excluding hydrogens is 526 g/mol. The van der Waals surface area contributed by atoms with Crippen molar-refractivity contribution in [3.63, 3.8) is 0 Å². The molecule has 2 aromatic carbocycles. The van der Waals surface area contributed by atoms with Crippen molar-refractivity contribution < 1.29 is 29.0 Å². The first kappa shape index (κ1) is 31.2. The Hall–Kier alpha value is -4.38. The van der Waals surface area contributed by atoms with E-state index in [9.17, 15) is 14.4 Å². The molecule has 0 aliphatic heterocycles. The lowest BCUT2D eigenvalue weighted by Crippen LogP contribution is -2.31. The second-order valence-corrected chi connectivity index (χ2v) is 10.2. The normalized spacial score (nSPS) is 11.0. The average molecular weight is 566 g/mol. The van der Waals surface area contributed by atoms with Crippen molar-refractivity contribution in [2.24, 2.45) is 0 Å². The van der Waals surface area contributed by atoms with Gasteiger partial charge in [-0.3, -0.25) is 14.4 Å². The molecule has 0 fully saturated rings. The first-order valence-corrected chi connectivity index (χ1v) is 13.4. The van der Waals surface area contributed by atoms with Crippen LogP contribution in [0.3, 0.4) is 0 Å². The molecule has 3 rings (SSSR count). The van der Waals surface area contributed by atoms with Crippen molar-refractivity contribution in [2.75, 3.05) is 52.8 Å². The van der Waals surface area contributed by atoms with Gasteiger partial charge in [0, 0.05) is 19.2 Å². The van der Waals surface area contributed by atoms with Gasteiger partial charge in [0.15, 0.2) is 5.69 Å². The second-order valence-electron chi connectivity index (χ2n) is 10.2. The van der Waals surface area contributed by atoms with Crippen LogP contribution < -0.4 is 19.7 Å². The molecule has 220 valence electrons. The van der Waals surface area contributed by atoms with E-state index in [-0.39, 0.29) is 17.5 Å². The van der Waals surface area contributed by atoms with Crippen molar-refractivity contribution in [1.29, 1.82) is 0 Å². The van der Waals surface area contributed by atoms with Crippen LogP contribution in [0.2, 0.25) is 0 Å². The minimum atomic E-state index is -1.16. The summed E-state index contributed by atoms with van der Waals surface area (Å²) in [6, 6.07) is 12.7. The molecule has 41 heavy (non-hydrogen) atoms. The smallest absolute Gasteiger partial charge is 0.322 e. The van der Waals surface area contributed by atoms with Crippen molar-refractivity contribution >= 4 is 23.5 Å². The molecule has 0 bridgehead atoms. The molecule has 11 nitrogen and oxygen atoms in total. The number of aromatic nitrogens is 2. The Balaban J connectivity index is 2.22. The standard InChI is InChI=1S/C30H39N5O6/c1-19(2)22-16-21(34(20(3)36)15-9-14-33(4)5)12-13-24(22)35-25(17-23(32-35)30(39)31-18-28(37)38)29-26(40-6)10-8-11-27(29)41-7/h8,10-13,16-17,19H,9,14-15,18H2,1-7H3,(H,31,39)(H,37,38). The minimum Gasteiger partial charge on any atom is -0.496 e. The third-order valence-electron chi connectivity index (χ3n) is 6.57. The van der Waals surface area contributed by atoms with Gasteiger partial charge in [-0.2, -0.15) is 5.10 Å². The van der Waals surface area contributed by atoms with E-state index in [4.69, 9.17) is 14.6 Å². The predicted octanol–water partition coefficient (Wildman–Crippen LogP) is 3.80. The topological polar surface area (TPSA) is 126 Å². The number of methoxy groups -OCH3 is 2. The summed E-state index contributed by atoms with van der Waals surface area (Å²) in [4.78, 5) is 40.4. The summed E-state index contributed by atoms with van der Waals surface area (Å²) in [5.74, 6) is -0.803. The average Bonchev–Trinajstić information content (AvgIpc) is 3.37. The van der Waals surface area contributed by atoms with E-state index >= 15 is 0 Å². The first-order valence-electron chi connectivity index (χ1n) is 13.4. The highest BCUT2D eigenvalue weighted by molar-refractivity contribution is 5.96. The van der Waals surface area contributed by atoms with E-state index in [0.29, 0.717) is 35.0 Å². The summed E-state index contributed by atoms with van der Waals surface area (Å²) >= 11 is 0. The number of ether oxygens (including phenoxy) is 2. The highest BCUT2D eigenvalue weighted by atomic mass is 16.5. The zero-order valence-electron chi connectivity index (χ0n) is 24.7. The summed E-state index contributed by atoms with van der Waals surface area (Å²) in [6.45, 7) is 6.52. The Morgan fingerprint density at radius 1 is 1.02 bits per heavy atom. The molecule has 1 aromatic heterocycles. The Labute approximate surface area is 240 Å². The zero-order valence-corrected chi connectivity index (χ0v) is 24.7. The first-order chi connectivity index (χ1) is 19.5. The number of nitrogens with zero attached hydrogens (tertiary/aromatic N) is 4. The molecule has 3 aromatic rings. The number of carbonyl (C=O) groups excluding carboxylic acids is 2. The molecular formula is C30H39N5O6. The Morgan fingerprint density at radius 2 is 1.68 bits per heavy atom. The van der Waals surface area contributed by atoms with Crippen LogP contribution >= 0.6 is 0 Å². The van der Waals surface area contributed by atoms with E-state index in [1.54, 1.807) is 55.0 Å². The lowest BCUT2D eigenvalue weighted by molar-refractivity contribution is -0.135. The van der Waals surface area contributed by atoms with Crippen LogP contribution in [0.5, 0.6) is 11.5 Å². The SMILES string of the molecule is COc1cccc(OC)c1-c1cc(C(=O)NCC(=O)O)nn1-c1ccc(N(CCCN(C)C)C(C)=O)cc1C(C)C. The van der Waals surface area contributed by atoms with Crippen LogP contribution in [0.15, 0.2) is 42.5 Å². The van der Waals surface area contributed by atoms with Crippen LogP contribution in [-0.4, -0.2) is 85.5 Å². The molecule has 0 aliphatic rings. The van der Waals surface area contributed by atoms with Crippen LogP contribution in [-0.2, 0) is 9.59 Å². The van der Waals surface area contributed by atoms with Gasteiger partial charge in [-0.1, -0.05) is 19.9 Å². The molecule has 0 saturated heterocycles. The fraction of sp³-hybridized carbons (Fsp3) is 0.400. The number of amides is 2. The maximum absolute atomic E-state index is 12.9. The monoisotopic (exact) mass is 565 g/mol. The van der Waals surface area contributed by atoms with Gasteiger partial charge in [-0.05, 0) is 74.9 Å². The number of nitrogens with one attached hydrogen (secondary N) is 1. The Bertz CT molecular complexity index is 1380. The molecule has 0 saturated carbocycles. The number of aliphatic carboxylic acids is 1. The number of carbonyl (C=O) groups is 3. The number of anilines is 1. The van der Waals surface area contributed by atoms with E-state index in [2.05, 4.69) is 15.3 Å². The van der Waals surface area contributed by atoms with Gasteiger partial charge in [0.25, 0.3) is 5.91 Å². The van der Waals surface area contributed by atoms with E-state index in [1.807, 2.05) is 46.1 Å². The van der Waals surface area contributed by atoms with Gasteiger partial charge in [-0.25, -0.2) is 4.68 Å². The van der Waals surface area contributed by atoms with Gasteiger partial charge in [0.2, 0.25) is 5.91 Å². The maximum atomic E-state index is 12.9. The zero-order chi connectivity index (χ0) is 30.3. The number of hydrogen-bond acceptors (Lipinski definition) is 7. The van der Waals surface area contributed by atoms with Crippen LogP contribution in [0.4, 0.5) is 5.69 Å². The van der Waals surface area contributed by atoms with E-state index in [1.165, 1.54) is 0 Å². The molecule has 0 atom stereocenters. The largest absolute Gasteiger partial charge is 0.496 e. The molecule has 0 unspecified atom stereocenters. The van der Waals surface area contributed by atoms with Crippen molar-refractivity contribution in [2.45, 2.75) is 33.1 Å². The highest BCUT2D eigenvalue weighted by Gasteiger charge is 2.25. The van der Waals surface area contributed by atoms with Gasteiger partial charge < -0.3 is 29.7 Å². The molecule has 2 N–H and O–H groups in total. The third kappa shape index (κ3) is 7.43. The molecule has 0 radical (unpaired) electrons. The van der Waals surface area contributed by atoms with Gasteiger partial charge in [0.05, 0.1) is 31.2 Å². The van der Waals surface area contributed by atoms with Crippen molar-refractivity contribution in [1.82, 2.24) is 20.0 Å². The van der Waals surface area contributed by atoms with Crippen molar-refractivity contribution in [3.05, 3.63) is 53.7 Å².